The van der Waals surface area contributed by atoms with Crippen LogP contribution in [0.25, 0.3) is 0 Å². The lowest BCUT2D eigenvalue weighted by molar-refractivity contribution is -0.117. The van der Waals surface area contributed by atoms with Crippen molar-refractivity contribution in [2.24, 2.45) is 5.92 Å². The van der Waals surface area contributed by atoms with Crippen LogP contribution in [0.5, 0.6) is 11.5 Å². The zero-order chi connectivity index (χ0) is 21.5. The highest BCUT2D eigenvalue weighted by Gasteiger charge is 2.17. The smallest absolute Gasteiger partial charge is 0.253 e. The van der Waals surface area contributed by atoms with Crippen LogP contribution in [-0.4, -0.2) is 43.1 Å². The molecule has 7 nitrogen and oxygen atoms in total. The Balaban J connectivity index is 1.61. The number of nitrogens with one attached hydrogen (secondary N) is 2. The Hall–Kier alpha value is -3.06. The van der Waals surface area contributed by atoms with E-state index < -0.39 is 0 Å². The molecular weight excluding hydrogens is 382 g/mol. The van der Waals surface area contributed by atoms with Gasteiger partial charge in [-0.2, -0.15) is 0 Å². The van der Waals surface area contributed by atoms with E-state index in [-0.39, 0.29) is 25.2 Å². The number of benzene rings is 2. The number of para-hydroxylation sites is 1. The summed E-state index contributed by atoms with van der Waals surface area (Å²) in [5, 5.41) is 5.78. The molecule has 0 saturated heterocycles. The number of likely N-dealkylation sites (N-methyl/N-ethyl adjacent to an activating group) is 1. The van der Waals surface area contributed by atoms with E-state index in [1.807, 2.05) is 43.9 Å². The van der Waals surface area contributed by atoms with Gasteiger partial charge in [0.15, 0.2) is 11.5 Å². The van der Waals surface area contributed by atoms with E-state index in [4.69, 9.17) is 9.47 Å². The highest BCUT2D eigenvalue weighted by molar-refractivity contribution is 6.04. The third kappa shape index (κ3) is 5.73. The number of rotatable bonds is 9. The van der Waals surface area contributed by atoms with Gasteiger partial charge >= 0.3 is 0 Å². The summed E-state index contributed by atoms with van der Waals surface area (Å²) in [6.07, 6.45) is 0. The SMILES string of the molecule is CCN(CC(=O)Nc1ccccc1C(=O)NCC(C)C)Cc1ccc2c(c1)OCO2. The van der Waals surface area contributed by atoms with Crippen molar-refractivity contribution in [2.45, 2.75) is 27.3 Å². The Kier molecular flexibility index (Phi) is 7.30. The van der Waals surface area contributed by atoms with Gasteiger partial charge in [0.1, 0.15) is 0 Å². The average molecular weight is 412 g/mol. The molecule has 2 N–H and O–H groups in total. The van der Waals surface area contributed by atoms with Gasteiger partial charge in [-0.3, -0.25) is 14.5 Å². The summed E-state index contributed by atoms with van der Waals surface area (Å²) in [5.41, 5.74) is 2.02. The maximum absolute atomic E-state index is 12.7. The summed E-state index contributed by atoms with van der Waals surface area (Å²) in [4.78, 5) is 27.2. The molecule has 1 aliphatic heterocycles. The van der Waals surface area contributed by atoms with Gasteiger partial charge < -0.3 is 20.1 Å². The molecule has 0 atom stereocenters. The number of hydrogen-bond donors (Lipinski definition) is 2. The largest absolute Gasteiger partial charge is 0.454 e. The van der Waals surface area contributed by atoms with E-state index in [9.17, 15) is 9.59 Å². The van der Waals surface area contributed by atoms with Crippen LogP contribution < -0.4 is 20.1 Å². The first kappa shape index (κ1) is 21.6. The second kappa shape index (κ2) is 10.1. The first-order valence-electron chi connectivity index (χ1n) is 10.2. The molecule has 0 radical (unpaired) electrons. The molecule has 3 rings (SSSR count). The van der Waals surface area contributed by atoms with Gasteiger partial charge in [0.05, 0.1) is 17.8 Å². The maximum atomic E-state index is 12.7. The second-order valence-electron chi connectivity index (χ2n) is 7.69. The van der Waals surface area contributed by atoms with Gasteiger partial charge in [-0.05, 0) is 42.3 Å². The van der Waals surface area contributed by atoms with E-state index in [1.54, 1.807) is 24.3 Å². The molecule has 0 bridgehead atoms. The van der Waals surface area contributed by atoms with E-state index >= 15 is 0 Å². The Bertz CT molecular complexity index is 898. The summed E-state index contributed by atoms with van der Waals surface area (Å²) in [7, 11) is 0. The fraction of sp³-hybridized carbons (Fsp3) is 0.391. The number of amides is 2. The average Bonchev–Trinajstić information content (AvgIpc) is 3.19. The molecule has 7 heteroatoms. The van der Waals surface area contributed by atoms with Gasteiger partial charge in [0, 0.05) is 13.1 Å². The zero-order valence-electron chi connectivity index (χ0n) is 17.7. The van der Waals surface area contributed by atoms with Gasteiger partial charge in [0.2, 0.25) is 12.7 Å². The molecule has 0 aliphatic carbocycles. The van der Waals surface area contributed by atoms with E-state index in [1.165, 1.54) is 0 Å². The molecule has 0 aromatic heterocycles. The number of nitrogens with zero attached hydrogens (tertiary/aromatic N) is 1. The van der Waals surface area contributed by atoms with Crippen molar-refractivity contribution in [3.8, 4) is 11.5 Å². The van der Waals surface area contributed by atoms with Crippen LogP contribution >= 0.6 is 0 Å². The van der Waals surface area contributed by atoms with Crippen molar-refractivity contribution in [2.75, 3.05) is 31.7 Å². The monoisotopic (exact) mass is 411 g/mol. The van der Waals surface area contributed by atoms with Crippen molar-refractivity contribution in [1.82, 2.24) is 10.2 Å². The fourth-order valence-electron chi connectivity index (χ4n) is 3.15. The highest BCUT2D eigenvalue weighted by atomic mass is 16.7. The summed E-state index contributed by atoms with van der Waals surface area (Å²) < 4.78 is 10.8. The Labute approximate surface area is 177 Å². The Morgan fingerprint density at radius 3 is 2.63 bits per heavy atom. The quantitative estimate of drug-likeness (QED) is 0.662. The molecular formula is C23H29N3O4. The van der Waals surface area contributed by atoms with Gasteiger partial charge in [0.25, 0.3) is 5.91 Å². The van der Waals surface area contributed by atoms with Crippen LogP contribution in [0.3, 0.4) is 0 Å². The normalized spacial score (nSPS) is 12.3. The van der Waals surface area contributed by atoms with Gasteiger partial charge in [-0.15, -0.1) is 0 Å². The van der Waals surface area contributed by atoms with Crippen molar-refractivity contribution >= 4 is 17.5 Å². The minimum atomic E-state index is -0.188. The maximum Gasteiger partial charge on any atom is 0.253 e. The molecule has 1 heterocycles. The molecule has 30 heavy (non-hydrogen) atoms. The lowest BCUT2D eigenvalue weighted by atomic mass is 10.1. The van der Waals surface area contributed by atoms with E-state index in [0.717, 1.165) is 17.1 Å². The van der Waals surface area contributed by atoms with Crippen LogP contribution in [0.2, 0.25) is 0 Å². The van der Waals surface area contributed by atoms with Crippen molar-refractivity contribution in [1.29, 1.82) is 0 Å². The van der Waals surface area contributed by atoms with Crippen LogP contribution in [0.4, 0.5) is 5.69 Å². The molecule has 1 aliphatic rings. The number of anilines is 1. The lowest BCUT2D eigenvalue weighted by Crippen LogP contribution is -2.33. The van der Waals surface area contributed by atoms with Crippen molar-refractivity contribution < 1.29 is 19.1 Å². The fourth-order valence-corrected chi connectivity index (χ4v) is 3.15. The molecule has 0 unspecified atom stereocenters. The topological polar surface area (TPSA) is 79.9 Å². The summed E-state index contributed by atoms with van der Waals surface area (Å²) in [5.74, 6) is 1.47. The number of fused-ring (bicyclic) bond motifs is 1. The summed E-state index contributed by atoms with van der Waals surface area (Å²) in [6, 6.07) is 12.9. The predicted octanol–water partition coefficient (Wildman–Crippen LogP) is 3.26. The number of hydrogen-bond acceptors (Lipinski definition) is 5. The molecule has 2 amide bonds. The minimum Gasteiger partial charge on any atom is -0.454 e. The van der Waals surface area contributed by atoms with Crippen molar-refractivity contribution in [3.05, 3.63) is 53.6 Å². The number of carbonyl (C=O) groups is 2. The molecule has 160 valence electrons. The molecule has 0 spiro atoms. The Morgan fingerprint density at radius 1 is 1.10 bits per heavy atom. The molecule has 0 saturated carbocycles. The van der Waals surface area contributed by atoms with Gasteiger partial charge in [-0.25, -0.2) is 0 Å². The molecule has 2 aromatic rings. The second-order valence-corrected chi connectivity index (χ2v) is 7.69. The first-order valence-corrected chi connectivity index (χ1v) is 10.2. The minimum absolute atomic E-state index is 0.165. The van der Waals surface area contributed by atoms with Crippen LogP contribution in [0, 0.1) is 5.92 Å². The summed E-state index contributed by atoms with van der Waals surface area (Å²) >= 11 is 0. The standard InChI is InChI=1S/C23H29N3O4/c1-4-26(13-17-9-10-20-21(11-17)30-15-29-20)14-22(27)25-19-8-6-5-7-18(19)23(28)24-12-16(2)3/h5-11,16H,4,12-15H2,1-3H3,(H,24,28)(H,25,27). The Morgan fingerprint density at radius 2 is 1.87 bits per heavy atom. The zero-order valence-corrected chi connectivity index (χ0v) is 17.7. The van der Waals surface area contributed by atoms with E-state index in [0.29, 0.717) is 36.8 Å². The van der Waals surface area contributed by atoms with Gasteiger partial charge in [-0.1, -0.05) is 39.0 Å². The third-order valence-electron chi connectivity index (χ3n) is 4.77. The third-order valence-corrected chi connectivity index (χ3v) is 4.77. The van der Waals surface area contributed by atoms with Crippen LogP contribution in [0.15, 0.2) is 42.5 Å². The summed E-state index contributed by atoms with van der Waals surface area (Å²) in [6.45, 7) is 8.43. The molecule has 0 fully saturated rings. The van der Waals surface area contributed by atoms with E-state index in [2.05, 4.69) is 10.6 Å². The van der Waals surface area contributed by atoms with Crippen molar-refractivity contribution in [3.63, 3.8) is 0 Å². The predicted molar refractivity (Wildman–Crippen MR) is 116 cm³/mol. The number of ether oxygens (including phenoxy) is 2. The van der Waals surface area contributed by atoms with Crippen LogP contribution in [0.1, 0.15) is 36.7 Å². The lowest BCUT2D eigenvalue weighted by Gasteiger charge is -2.20. The number of carbonyl (C=O) groups excluding carboxylic acids is 2. The first-order chi connectivity index (χ1) is 14.5. The molecule has 2 aromatic carbocycles. The van der Waals surface area contributed by atoms with Crippen LogP contribution in [-0.2, 0) is 11.3 Å². The highest BCUT2D eigenvalue weighted by Crippen LogP contribution is 2.32.